The summed E-state index contributed by atoms with van der Waals surface area (Å²) in [5.74, 6) is 0.162. The maximum Gasteiger partial charge on any atom is 0.150 e. The number of likely N-dealkylation sites (N-methyl/N-ethyl adjacent to an activating group) is 1. The molecule has 156 valence electrons. The number of pyridine rings is 1. The normalized spacial score (nSPS) is 19.6. The van der Waals surface area contributed by atoms with Gasteiger partial charge < -0.3 is 16.0 Å². The van der Waals surface area contributed by atoms with Crippen molar-refractivity contribution >= 4 is 28.8 Å². The first kappa shape index (κ1) is 20.5. The van der Waals surface area contributed by atoms with Crippen LogP contribution in [-0.4, -0.2) is 59.6 Å². The smallest absolute Gasteiger partial charge is 0.150 e. The molecule has 2 aromatic rings. The standard InChI is InChI=1S/C22H26ClN7/c1-14(24)20-22(25)27-19-11-15(13-30-9-7-29(2)8-10-30)26-12-17(19)21(28-20)16-5-3-4-6-18(16)23/h3-6,11-12H,7-10,13,24H2,1-2H3,(H2,25,27)/b20-14+. The molecule has 1 aromatic carbocycles. The van der Waals surface area contributed by atoms with E-state index >= 15 is 0 Å². The Hall–Kier alpha value is -2.74. The van der Waals surface area contributed by atoms with Crippen LogP contribution in [0.25, 0.3) is 0 Å². The van der Waals surface area contributed by atoms with E-state index in [1.165, 1.54) is 0 Å². The Morgan fingerprint density at radius 1 is 1.20 bits per heavy atom. The van der Waals surface area contributed by atoms with Gasteiger partial charge in [0.15, 0.2) is 5.84 Å². The van der Waals surface area contributed by atoms with E-state index in [0.29, 0.717) is 22.1 Å². The first-order valence-corrected chi connectivity index (χ1v) is 10.4. The minimum Gasteiger partial charge on any atom is -0.400 e. The Morgan fingerprint density at radius 3 is 2.63 bits per heavy atom. The number of piperazine rings is 1. The van der Waals surface area contributed by atoms with E-state index in [-0.39, 0.29) is 5.84 Å². The van der Waals surface area contributed by atoms with E-state index in [4.69, 9.17) is 32.7 Å². The lowest BCUT2D eigenvalue weighted by Crippen LogP contribution is -2.44. The highest BCUT2D eigenvalue weighted by Gasteiger charge is 2.23. The molecule has 4 rings (SSSR count). The van der Waals surface area contributed by atoms with Crippen LogP contribution in [-0.2, 0) is 6.54 Å². The van der Waals surface area contributed by atoms with Gasteiger partial charge in [0.2, 0.25) is 0 Å². The van der Waals surface area contributed by atoms with E-state index in [9.17, 15) is 0 Å². The molecular formula is C22H26ClN7. The average Bonchev–Trinajstić information content (AvgIpc) is 2.86. The number of nitrogens with zero attached hydrogens (tertiary/aromatic N) is 4. The van der Waals surface area contributed by atoms with Crippen molar-refractivity contribution in [2.24, 2.45) is 10.7 Å². The third-order valence-electron chi connectivity index (χ3n) is 5.42. The summed E-state index contributed by atoms with van der Waals surface area (Å²) in [6.45, 7) is 6.66. The first-order valence-electron chi connectivity index (χ1n) is 9.98. The van der Waals surface area contributed by atoms with E-state index in [0.717, 1.165) is 55.2 Å². The highest BCUT2D eigenvalue weighted by molar-refractivity contribution is 6.36. The largest absolute Gasteiger partial charge is 0.400 e. The summed E-state index contributed by atoms with van der Waals surface area (Å²) in [6, 6.07) is 9.55. The van der Waals surface area contributed by atoms with Gasteiger partial charge in [0.25, 0.3) is 0 Å². The number of hydrogen-bond acceptors (Lipinski definition) is 6. The molecule has 2 aliphatic rings. The number of benzene rings is 1. The van der Waals surface area contributed by atoms with Crippen LogP contribution in [0.4, 0.5) is 5.69 Å². The zero-order valence-electron chi connectivity index (χ0n) is 17.2. The van der Waals surface area contributed by atoms with Crippen molar-refractivity contribution < 1.29 is 0 Å². The van der Waals surface area contributed by atoms with E-state index < -0.39 is 0 Å². The highest BCUT2D eigenvalue weighted by atomic mass is 35.5. The summed E-state index contributed by atoms with van der Waals surface area (Å²) < 4.78 is 0. The molecule has 8 heteroatoms. The van der Waals surface area contributed by atoms with E-state index in [2.05, 4.69) is 22.2 Å². The van der Waals surface area contributed by atoms with Gasteiger partial charge in [0, 0.05) is 60.8 Å². The second-order valence-corrected chi connectivity index (χ2v) is 8.18. The van der Waals surface area contributed by atoms with Crippen LogP contribution in [0.5, 0.6) is 0 Å². The number of halogens is 1. The van der Waals surface area contributed by atoms with Gasteiger partial charge in [-0.05, 0) is 26.1 Å². The van der Waals surface area contributed by atoms with Crippen LogP contribution in [0, 0.1) is 5.41 Å². The Bertz CT molecular complexity index is 1030. The van der Waals surface area contributed by atoms with Gasteiger partial charge in [-0.2, -0.15) is 0 Å². The molecular weight excluding hydrogens is 398 g/mol. The molecule has 4 N–H and O–H groups in total. The van der Waals surface area contributed by atoms with E-state index in [1.54, 1.807) is 6.92 Å². The number of nitrogens with one attached hydrogen (secondary N) is 2. The van der Waals surface area contributed by atoms with Crippen molar-refractivity contribution in [1.82, 2.24) is 14.8 Å². The fraction of sp³-hybridized carbons (Fsp3) is 0.318. The number of nitrogens with two attached hydrogens (primary N) is 1. The van der Waals surface area contributed by atoms with Gasteiger partial charge in [-0.15, -0.1) is 0 Å². The van der Waals surface area contributed by atoms with Gasteiger partial charge in [0.1, 0.15) is 5.70 Å². The molecule has 0 unspecified atom stereocenters. The molecule has 1 aromatic heterocycles. The lowest BCUT2D eigenvalue weighted by atomic mass is 10.0. The molecule has 2 aliphatic heterocycles. The monoisotopic (exact) mass is 423 g/mol. The molecule has 1 saturated heterocycles. The van der Waals surface area contributed by atoms with Gasteiger partial charge >= 0.3 is 0 Å². The second kappa shape index (κ2) is 8.55. The molecule has 0 radical (unpaired) electrons. The number of aliphatic imine (C=N–C) groups is 1. The number of allylic oxidation sites excluding steroid dienone is 1. The van der Waals surface area contributed by atoms with Crippen molar-refractivity contribution in [3.05, 3.63) is 69.8 Å². The van der Waals surface area contributed by atoms with Crippen LogP contribution in [0.1, 0.15) is 23.7 Å². The highest BCUT2D eigenvalue weighted by Crippen LogP contribution is 2.29. The van der Waals surface area contributed by atoms with Crippen molar-refractivity contribution in [2.75, 3.05) is 38.5 Å². The van der Waals surface area contributed by atoms with E-state index in [1.807, 2.05) is 36.5 Å². The quantitative estimate of drug-likeness (QED) is 0.705. The third kappa shape index (κ3) is 4.23. The summed E-state index contributed by atoms with van der Waals surface area (Å²) in [5, 5.41) is 12.2. The Kier molecular flexibility index (Phi) is 5.85. The van der Waals surface area contributed by atoms with Gasteiger partial charge in [0.05, 0.1) is 17.1 Å². The number of aromatic nitrogens is 1. The molecule has 0 bridgehead atoms. The lowest BCUT2D eigenvalue weighted by molar-refractivity contribution is 0.147. The molecule has 30 heavy (non-hydrogen) atoms. The van der Waals surface area contributed by atoms with Crippen LogP contribution in [0.2, 0.25) is 5.02 Å². The molecule has 0 saturated carbocycles. The maximum atomic E-state index is 8.47. The van der Waals surface area contributed by atoms with Gasteiger partial charge in [-0.25, -0.2) is 4.99 Å². The third-order valence-corrected chi connectivity index (χ3v) is 5.75. The summed E-state index contributed by atoms with van der Waals surface area (Å²) in [4.78, 5) is 14.2. The molecule has 0 spiro atoms. The molecule has 0 atom stereocenters. The first-order chi connectivity index (χ1) is 14.4. The van der Waals surface area contributed by atoms with Crippen molar-refractivity contribution in [3.8, 4) is 0 Å². The van der Waals surface area contributed by atoms with Crippen LogP contribution in [0.15, 0.2) is 52.9 Å². The lowest BCUT2D eigenvalue weighted by Gasteiger charge is -2.32. The maximum absolute atomic E-state index is 8.47. The van der Waals surface area contributed by atoms with Crippen molar-refractivity contribution in [3.63, 3.8) is 0 Å². The number of hydrogen-bond donors (Lipinski definition) is 3. The molecule has 7 nitrogen and oxygen atoms in total. The molecule has 0 amide bonds. The van der Waals surface area contributed by atoms with Gasteiger partial charge in [-0.3, -0.25) is 15.3 Å². The Balaban J connectivity index is 1.74. The van der Waals surface area contributed by atoms with Crippen molar-refractivity contribution in [1.29, 1.82) is 5.41 Å². The molecule has 3 heterocycles. The minimum absolute atomic E-state index is 0.162. The number of rotatable bonds is 3. The number of anilines is 1. The second-order valence-electron chi connectivity index (χ2n) is 7.77. The SMILES string of the molecule is C/C(N)=C1\N=C(c2ccccc2Cl)c2cnc(CN3CCN(C)CC3)cc2NC1=N. The van der Waals surface area contributed by atoms with Crippen LogP contribution < -0.4 is 11.1 Å². The summed E-state index contributed by atoms with van der Waals surface area (Å²) >= 11 is 6.48. The predicted octanol–water partition coefficient (Wildman–Crippen LogP) is 2.91. The minimum atomic E-state index is 0.162. The fourth-order valence-corrected chi connectivity index (χ4v) is 3.90. The number of amidine groups is 1. The van der Waals surface area contributed by atoms with Crippen LogP contribution >= 0.6 is 11.6 Å². The van der Waals surface area contributed by atoms with Crippen LogP contribution in [0.3, 0.4) is 0 Å². The van der Waals surface area contributed by atoms with Crippen molar-refractivity contribution in [2.45, 2.75) is 13.5 Å². The predicted molar refractivity (Wildman–Crippen MR) is 122 cm³/mol. The molecule has 0 aliphatic carbocycles. The summed E-state index contributed by atoms with van der Waals surface area (Å²) in [5.41, 5.74) is 10.9. The zero-order chi connectivity index (χ0) is 21.3. The molecule has 1 fully saturated rings. The summed E-state index contributed by atoms with van der Waals surface area (Å²) in [6.07, 6.45) is 1.82. The van der Waals surface area contributed by atoms with Gasteiger partial charge in [-0.1, -0.05) is 29.8 Å². The topological polar surface area (TPSA) is 93.6 Å². The summed E-state index contributed by atoms with van der Waals surface area (Å²) in [7, 11) is 2.15. The Morgan fingerprint density at radius 2 is 1.93 bits per heavy atom. The Labute approximate surface area is 181 Å². The number of fused-ring (bicyclic) bond motifs is 1. The average molecular weight is 424 g/mol. The fourth-order valence-electron chi connectivity index (χ4n) is 3.68. The zero-order valence-corrected chi connectivity index (χ0v) is 18.0.